The zero-order chi connectivity index (χ0) is 19.1. The fourth-order valence-electron chi connectivity index (χ4n) is 3.52. The summed E-state index contributed by atoms with van der Waals surface area (Å²) in [7, 11) is 0. The first-order valence-corrected chi connectivity index (χ1v) is 10.0. The summed E-state index contributed by atoms with van der Waals surface area (Å²) in [6, 6.07) is 6.31. The Bertz CT molecular complexity index is 740. The van der Waals surface area contributed by atoms with Gasteiger partial charge in [-0.3, -0.25) is 9.69 Å². The van der Waals surface area contributed by atoms with Gasteiger partial charge >= 0.3 is 0 Å². The topological polar surface area (TPSA) is 48.6 Å². The number of fused-ring (bicyclic) bond motifs is 1. The first kappa shape index (κ1) is 19.8. The molecule has 2 heterocycles. The minimum Gasteiger partial charge on any atom is -0.379 e. The number of H-pyrrole nitrogens is 1. The maximum atomic E-state index is 13.4. The van der Waals surface area contributed by atoms with Crippen LogP contribution in [-0.2, 0) is 4.74 Å². The average Bonchev–Trinajstić information content (AvgIpc) is 3.11. The van der Waals surface area contributed by atoms with Gasteiger partial charge in [-0.05, 0) is 30.7 Å². The van der Waals surface area contributed by atoms with Crippen LogP contribution in [0.1, 0.15) is 43.1 Å². The molecule has 6 heteroatoms. The Morgan fingerprint density at radius 1 is 1.19 bits per heavy atom. The van der Waals surface area contributed by atoms with Gasteiger partial charge in [0.2, 0.25) is 0 Å². The van der Waals surface area contributed by atoms with Gasteiger partial charge in [0, 0.05) is 43.6 Å². The number of benzene rings is 1. The van der Waals surface area contributed by atoms with Crippen LogP contribution in [0.15, 0.2) is 24.3 Å². The van der Waals surface area contributed by atoms with Crippen molar-refractivity contribution in [3.63, 3.8) is 0 Å². The summed E-state index contributed by atoms with van der Waals surface area (Å²) in [5.74, 6) is -0.291. The number of nitrogens with one attached hydrogen (secondary N) is 1. The molecule has 0 atom stereocenters. The Morgan fingerprint density at radius 2 is 2.00 bits per heavy atom. The van der Waals surface area contributed by atoms with E-state index in [0.717, 1.165) is 63.1 Å². The van der Waals surface area contributed by atoms with Gasteiger partial charge in [0.05, 0.1) is 13.2 Å². The number of carbonyl (C=O) groups excluding carboxylic acids is 1. The van der Waals surface area contributed by atoms with Gasteiger partial charge in [0.15, 0.2) is 0 Å². The number of amides is 1. The summed E-state index contributed by atoms with van der Waals surface area (Å²) in [4.78, 5) is 20.5. The number of halogens is 1. The van der Waals surface area contributed by atoms with Crippen molar-refractivity contribution in [2.24, 2.45) is 0 Å². The fourth-order valence-corrected chi connectivity index (χ4v) is 3.52. The number of carbonyl (C=O) groups is 1. The Hall–Kier alpha value is -1.92. The van der Waals surface area contributed by atoms with Gasteiger partial charge < -0.3 is 14.6 Å². The van der Waals surface area contributed by atoms with Gasteiger partial charge in [-0.2, -0.15) is 0 Å². The van der Waals surface area contributed by atoms with E-state index in [9.17, 15) is 9.18 Å². The van der Waals surface area contributed by atoms with Crippen molar-refractivity contribution in [1.29, 1.82) is 0 Å². The lowest BCUT2D eigenvalue weighted by Crippen LogP contribution is -2.43. The molecule has 5 nitrogen and oxygen atoms in total. The average molecular weight is 375 g/mol. The highest BCUT2D eigenvalue weighted by molar-refractivity contribution is 5.98. The molecule has 0 aliphatic carbocycles. The highest BCUT2D eigenvalue weighted by atomic mass is 19.1. The maximum Gasteiger partial charge on any atom is 0.270 e. The van der Waals surface area contributed by atoms with Crippen LogP contribution in [-0.4, -0.2) is 66.6 Å². The van der Waals surface area contributed by atoms with Crippen LogP contribution in [0.2, 0.25) is 0 Å². The molecular formula is C21H30FN3O2. The molecule has 0 spiro atoms. The van der Waals surface area contributed by atoms with E-state index >= 15 is 0 Å². The van der Waals surface area contributed by atoms with Crippen molar-refractivity contribution >= 4 is 16.8 Å². The van der Waals surface area contributed by atoms with Crippen LogP contribution in [0.25, 0.3) is 10.9 Å². The molecule has 0 saturated carbocycles. The van der Waals surface area contributed by atoms with Gasteiger partial charge in [-0.25, -0.2) is 4.39 Å². The molecule has 1 aliphatic rings. The van der Waals surface area contributed by atoms with Crippen LogP contribution in [0, 0.1) is 5.82 Å². The van der Waals surface area contributed by atoms with E-state index in [1.54, 1.807) is 12.1 Å². The van der Waals surface area contributed by atoms with E-state index in [1.807, 2.05) is 4.90 Å². The summed E-state index contributed by atoms with van der Waals surface area (Å²) >= 11 is 0. The second kappa shape index (κ2) is 9.85. The smallest absolute Gasteiger partial charge is 0.270 e. The van der Waals surface area contributed by atoms with E-state index in [0.29, 0.717) is 12.2 Å². The third kappa shape index (κ3) is 5.53. The molecule has 1 aliphatic heterocycles. The lowest BCUT2D eigenvalue weighted by molar-refractivity contribution is 0.0323. The summed E-state index contributed by atoms with van der Waals surface area (Å²) in [6.07, 6.45) is 4.51. The summed E-state index contributed by atoms with van der Waals surface area (Å²) in [5, 5.41) is 0.734. The molecule has 1 aromatic carbocycles. The summed E-state index contributed by atoms with van der Waals surface area (Å²) in [6.45, 7) is 7.87. The lowest BCUT2D eigenvalue weighted by atomic mass is 10.2. The first-order valence-electron chi connectivity index (χ1n) is 10.0. The number of nitrogens with zero attached hydrogens (tertiary/aromatic N) is 2. The van der Waals surface area contributed by atoms with Crippen LogP contribution >= 0.6 is 0 Å². The largest absolute Gasteiger partial charge is 0.379 e. The highest BCUT2D eigenvalue weighted by Crippen LogP contribution is 2.18. The van der Waals surface area contributed by atoms with E-state index in [4.69, 9.17) is 4.74 Å². The predicted molar refractivity (Wildman–Crippen MR) is 106 cm³/mol. The third-order valence-corrected chi connectivity index (χ3v) is 5.17. The number of morpholine rings is 1. The molecule has 27 heavy (non-hydrogen) atoms. The number of hydrogen-bond donors (Lipinski definition) is 1. The zero-order valence-electron chi connectivity index (χ0n) is 16.2. The van der Waals surface area contributed by atoms with Gasteiger partial charge in [0.25, 0.3) is 5.91 Å². The second-order valence-corrected chi connectivity index (χ2v) is 7.22. The minimum absolute atomic E-state index is 0.00336. The van der Waals surface area contributed by atoms with E-state index in [2.05, 4.69) is 16.8 Å². The molecule has 1 aromatic heterocycles. The fraction of sp³-hybridized carbons (Fsp3) is 0.571. The molecule has 0 unspecified atom stereocenters. The van der Waals surface area contributed by atoms with Crippen molar-refractivity contribution in [1.82, 2.24) is 14.8 Å². The Kier molecular flexibility index (Phi) is 7.24. The molecular weight excluding hydrogens is 345 g/mol. The van der Waals surface area contributed by atoms with Crippen molar-refractivity contribution in [2.75, 3.05) is 45.9 Å². The first-order chi connectivity index (χ1) is 13.2. The Labute approximate surface area is 160 Å². The minimum atomic E-state index is -0.288. The number of hydrogen-bond acceptors (Lipinski definition) is 3. The number of aromatic amines is 1. The SMILES string of the molecule is CCCCCCN(CCN1CCOCC1)C(=O)c1cc2cc(F)ccc2[nH]1. The van der Waals surface area contributed by atoms with Crippen LogP contribution in [0.5, 0.6) is 0 Å². The van der Waals surface area contributed by atoms with Gasteiger partial charge in [-0.1, -0.05) is 26.2 Å². The van der Waals surface area contributed by atoms with Crippen molar-refractivity contribution in [2.45, 2.75) is 32.6 Å². The molecule has 1 fully saturated rings. The Balaban J connectivity index is 1.67. The van der Waals surface area contributed by atoms with Crippen molar-refractivity contribution in [3.05, 3.63) is 35.8 Å². The third-order valence-electron chi connectivity index (χ3n) is 5.17. The van der Waals surface area contributed by atoms with E-state index in [1.165, 1.54) is 25.0 Å². The van der Waals surface area contributed by atoms with E-state index in [-0.39, 0.29) is 11.7 Å². The Morgan fingerprint density at radius 3 is 2.78 bits per heavy atom. The second-order valence-electron chi connectivity index (χ2n) is 7.22. The van der Waals surface area contributed by atoms with Crippen molar-refractivity contribution in [3.8, 4) is 0 Å². The van der Waals surface area contributed by atoms with Crippen molar-refractivity contribution < 1.29 is 13.9 Å². The highest BCUT2D eigenvalue weighted by Gasteiger charge is 2.19. The maximum absolute atomic E-state index is 13.4. The number of rotatable bonds is 9. The van der Waals surface area contributed by atoms with Gasteiger partial charge in [0.1, 0.15) is 11.5 Å². The normalized spacial score (nSPS) is 15.3. The lowest BCUT2D eigenvalue weighted by Gasteiger charge is -2.30. The number of aromatic nitrogens is 1. The quantitative estimate of drug-likeness (QED) is 0.681. The van der Waals surface area contributed by atoms with Gasteiger partial charge in [-0.15, -0.1) is 0 Å². The molecule has 1 N–H and O–H groups in total. The zero-order valence-corrected chi connectivity index (χ0v) is 16.2. The predicted octanol–water partition coefficient (Wildman–Crippen LogP) is 3.66. The number of ether oxygens (including phenoxy) is 1. The molecule has 1 saturated heterocycles. The standard InChI is InChI=1S/C21H30FN3O2/c1-2-3-4-5-8-25(10-9-24-11-13-27-14-12-24)21(26)20-16-17-15-18(22)6-7-19(17)23-20/h6-7,15-16,23H,2-5,8-14H2,1H3. The van der Waals surface area contributed by atoms with Crippen LogP contribution in [0.3, 0.4) is 0 Å². The van der Waals surface area contributed by atoms with Crippen LogP contribution in [0.4, 0.5) is 4.39 Å². The monoisotopic (exact) mass is 375 g/mol. The molecule has 1 amide bonds. The molecule has 3 rings (SSSR count). The summed E-state index contributed by atoms with van der Waals surface area (Å²) < 4.78 is 18.8. The summed E-state index contributed by atoms with van der Waals surface area (Å²) in [5.41, 5.74) is 1.33. The van der Waals surface area contributed by atoms with E-state index < -0.39 is 0 Å². The molecule has 0 radical (unpaired) electrons. The molecule has 2 aromatic rings. The van der Waals surface area contributed by atoms with Crippen LogP contribution < -0.4 is 0 Å². The molecule has 0 bridgehead atoms. The number of unbranched alkanes of at least 4 members (excludes halogenated alkanes) is 3. The molecule has 148 valence electrons.